The standard InChI is InChI=1S/C21H25NO4/c1-15-6-4-7-18(13-15)25-11-5-8-21(24)26-14-20(23)22-19-10-9-16(2)12-17(19)3/h4,6-7,9-10,12-13H,5,8,11,14H2,1-3H3,(H,22,23). The van der Waals surface area contributed by atoms with Gasteiger partial charge in [0.15, 0.2) is 6.61 Å². The van der Waals surface area contributed by atoms with E-state index in [1.165, 1.54) is 0 Å². The van der Waals surface area contributed by atoms with E-state index in [0.29, 0.717) is 13.0 Å². The molecule has 0 atom stereocenters. The predicted molar refractivity (Wildman–Crippen MR) is 101 cm³/mol. The van der Waals surface area contributed by atoms with Gasteiger partial charge in [-0.1, -0.05) is 29.8 Å². The lowest BCUT2D eigenvalue weighted by atomic mass is 10.1. The van der Waals surface area contributed by atoms with Crippen molar-refractivity contribution in [3.8, 4) is 5.75 Å². The highest BCUT2D eigenvalue weighted by atomic mass is 16.5. The van der Waals surface area contributed by atoms with E-state index in [1.807, 2.05) is 63.2 Å². The predicted octanol–water partition coefficient (Wildman–Crippen LogP) is 3.95. The van der Waals surface area contributed by atoms with Crippen molar-refractivity contribution in [2.24, 2.45) is 0 Å². The molecule has 2 aromatic rings. The van der Waals surface area contributed by atoms with Crippen molar-refractivity contribution in [1.29, 1.82) is 0 Å². The second kappa shape index (κ2) is 9.61. The molecule has 0 bridgehead atoms. The fraction of sp³-hybridized carbons (Fsp3) is 0.333. The molecular weight excluding hydrogens is 330 g/mol. The van der Waals surface area contributed by atoms with Crippen molar-refractivity contribution < 1.29 is 19.1 Å². The van der Waals surface area contributed by atoms with E-state index in [9.17, 15) is 9.59 Å². The minimum atomic E-state index is -0.409. The number of hydrogen-bond acceptors (Lipinski definition) is 4. The number of benzene rings is 2. The topological polar surface area (TPSA) is 64.6 Å². The molecule has 138 valence electrons. The lowest BCUT2D eigenvalue weighted by Gasteiger charge is -2.10. The van der Waals surface area contributed by atoms with Gasteiger partial charge in [0.05, 0.1) is 6.61 Å². The van der Waals surface area contributed by atoms with Crippen molar-refractivity contribution in [1.82, 2.24) is 0 Å². The van der Waals surface area contributed by atoms with Gasteiger partial charge < -0.3 is 14.8 Å². The fourth-order valence-electron chi connectivity index (χ4n) is 2.47. The lowest BCUT2D eigenvalue weighted by molar-refractivity contribution is -0.147. The molecule has 0 radical (unpaired) electrons. The summed E-state index contributed by atoms with van der Waals surface area (Å²) in [5.41, 5.74) is 3.94. The average Bonchev–Trinajstić information content (AvgIpc) is 2.59. The Morgan fingerprint density at radius 2 is 1.77 bits per heavy atom. The molecule has 0 aliphatic carbocycles. The maximum absolute atomic E-state index is 11.9. The summed E-state index contributed by atoms with van der Waals surface area (Å²) >= 11 is 0. The van der Waals surface area contributed by atoms with Crippen LogP contribution in [0.25, 0.3) is 0 Å². The van der Waals surface area contributed by atoms with Crippen LogP contribution in [0, 0.1) is 20.8 Å². The largest absolute Gasteiger partial charge is 0.494 e. The zero-order valence-electron chi connectivity index (χ0n) is 15.5. The van der Waals surface area contributed by atoms with Gasteiger partial charge in [0.1, 0.15) is 5.75 Å². The molecule has 0 saturated carbocycles. The molecule has 2 aromatic carbocycles. The Labute approximate surface area is 154 Å². The first kappa shape index (κ1) is 19.5. The van der Waals surface area contributed by atoms with E-state index in [1.54, 1.807) is 0 Å². The summed E-state index contributed by atoms with van der Waals surface area (Å²) in [7, 11) is 0. The maximum atomic E-state index is 11.9. The van der Waals surface area contributed by atoms with Gasteiger partial charge in [0.25, 0.3) is 5.91 Å². The third-order valence-electron chi connectivity index (χ3n) is 3.80. The number of carbonyl (C=O) groups excluding carboxylic acids is 2. The molecule has 5 nitrogen and oxygen atoms in total. The molecule has 0 heterocycles. The fourth-order valence-corrected chi connectivity index (χ4v) is 2.47. The van der Waals surface area contributed by atoms with Gasteiger partial charge in [0.2, 0.25) is 0 Å². The molecule has 1 amide bonds. The van der Waals surface area contributed by atoms with Crippen LogP contribution in [0.5, 0.6) is 5.75 Å². The Hall–Kier alpha value is -2.82. The number of amides is 1. The van der Waals surface area contributed by atoms with Gasteiger partial charge in [-0.15, -0.1) is 0 Å². The Balaban J connectivity index is 1.64. The first-order chi connectivity index (χ1) is 12.4. The van der Waals surface area contributed by atoms with E-state index in [2.05, 4.69) is 5.32 Å². The number of nitrogens with one attached hydrogen (secondary N) is 1. The van der Waals surface area contributed by atoms with Crippen LogP contribution >= 0.6 is 0 Å². The highest BCUT2D eigenvalue weighted by Crippen LogP contribution is 2.16. The van der Waals surface area contributed by atoms with Gasteiger partial charge in [-0.25, -0.2) is 0 Å². The van der Waals surface area contributed by atoms with E-state index < -0.39 is 5.97 Å². The van der Waals surface area contributed by atoms with Crippen molar-refractivity contribution in [3.05, 3.63) is 59.2 Å². The highest BCUT2D eigenvalue weighted by molar-refractivity contribution is 5.93. The number of carbonyl (C=O) groups is 2. The number of esters is 1. The molecule has 0 saturated heterocycles. The molecule has 26 heavy (non-hydrogen) atoms. The van der Waals surface area contributed by atoms with Crippen LogP contribution in [0.15, 0.2) is 42.5 Å². The molecule has 0 aromatic heterocycles. The van der Waals surface area contributed by atoms with Crippen molar-refractivity contribution in [2.75, 3.05) is 18.5 Å². The number of hydrogen-bond donors (Lipinski definition) is 1. The number of ether oxygens (including phenoxy) is 2. The number of rotatable bonds is 8. The van der Waals surface area contributed by atoms with Crippen LogP contribution in [0.4, 0.5) is 5.69 Å². The summed E-state index contributed by atoms with van der Waals surface area (Å²) in [6.45, 7) is 6.04. The molecule has 2 rings (SSSR count). The Morgan fingerprint density at radius 1 is 1.00 bits per heavy atom. The van der Waals surface area contributed by atoms with Crippen LogP contribution in [0.3, 0.4) is 0 Å². The molecule has 0 aliphatic heterocycles. The van der Waals surface area contributed by atoms with Crippen LogP contribution in [-0.4, -0.2) is 25.1 Å². The summed E-state index contributed by atoms with van der Waals surface area (Å²) in [4.78, 5) is 23.6. The van der Waals surface area contributed by atoms with Crippen LogP contribution in [-0.2, 0) is 14.3 Å². The van der Waals surface area contributed by atoms with E-state index in [0.717, 1.165) is 28.1 Å². The molecule has 1 N–H and O–H groups in total. The SMILES string of the molecule is Cc1cccc(OCCCC(=O)OCC(=O)Nc2ccc(C)cc2C)c1. The molecule has 5 heteroatoms. The summed E-state index contributed by atoms with van der Waals surface area (Å²) in [6.07, 6.45) is 0.744. The van der Waals surface area contributed by atoms with Crippen LogP contribution < -0.4 is 10.1 Å². The molecule has 0 fully saturated rings. The molecule has 0 spiro atoms. The summed E-state index contributed by atoms with van der Waals surface area (Å²) in [5.74, 6) is 0.0288. The maximum Gasteiger partial charge on any atom is 0.306 e. The lowest BCUT2D eigenvalue weighted by Crippen LogP contribution is -2.21. The minimum Gasteiger partial charge on any atom is -0.494 e. The molecule has 0 unspecified atom stereocenters. The first-order valence-electron chi connectivity index (χ1n) is 8.66. The smallest absolute Gasteiger partial charge is 0.306 e. The van der Waals surface area contributed by atoms with Gasteiger partial charge in [0, 0.05) is 12.1 Å². The Bertz CT molecular complexity index is 770. The Morgan fingerprint density at radius 3 is 2.50 bits per heavy atom. The number of anilines is 1. The van der Waals surface area contributed by atoms with Crippen molar-refractivity contribution >= 4 is 17.6 Å². The monoisotopic (exact) mass is 355 g/mol. The zero-order valence-corrected chi connectivity index (χ0v) is 15.5. The summed E-state index contributed by atoms with van der Waals surface area (Å²) in [5, 5.41) is 2.75. The van der Waals surface area contributed by atoms with E-state index in [-0.39, 0.29) is 18.9 Å². The van der Waals surface area contributed by atoms with E-state index >= 15 is 0 Å². The van der Waals surface area contributed by atoms with Crippen LogP contribution in [0.2, 0.25) is 0 Å². The molecule has 0 aliphatic rings. The number of aryl methyl sites for hydroxylation is 3. The summed E-state index contributed by atoms with van der Waals surface area (Å²) in [6, 6.07) is 13.5. The van der Waals surface area contributed by atoms with Crippen LogP contribution in [0.1, 0.15) is 29.5 Å². The second-order valence-corrected chi connectivity index (χ2v) is 6.30. The Kier molecular flexibility index (Phi) is 7.21. The average molecular weight is 355 g/mol. The third-order valence-corrected chi connectivity index (χ3v) is 3.80. The normalized spacial score (nSPS) is 10.3. The molecular formula is C21H25NO4. The summed E-state index contributed by atoms with van der Waals surface area (Å²) < 4.78 is 10.6. The van der Waals surface area contributed by atoms with Gasteiger partial charge in [-0.3, -0.25) is 9.59 Å². The van der Waals surface area contributed by atoms with E-state index in [4.69, 9.17) is 9.47 Å². The van der Waals surface area contributed by atoms with Gasteiger partial charge in [-0.05, 0) is 56.5 Å². The first-order valence-corrected chi connectivity index (χ1v) is 8.66. The highest BCUT2D eigenvalue weighted by Gasteiger charge is 2.09. The quantitative estimate of drug-likeness (QED) is 0.575. The van der Waals surface area contributed by atoms with Gasteiger partial charge in [-0.2, -0.15) is 0 Å². The van der Waals surface area contributed by atoms with Crippen molar-refractivity contribution in [3.63, 3.8) is 0 Å². The third kappa shape index (κ3) is 6.59. The second-order valence-electron chi connectivity index (χ2n) is 6.30. The van der Waals surface area contributed by atoms with Crippen molar-refractivity contribution in [2.45, 2.75) is 33.6 Å². The van der Waals surface area contributed by atoms with Gasteiger partial charge >= 0.3 is 5.97 Å². The minimum absolute atomic E-state index is 0.211. The zero-order chi connectivity index (χ0) is 18.9.